The second-order valence-electron chi connectivity index (χ2n) is 5.13. The number of nitrogens with one attached hydrogen (secondary N) is 1. The van der Waals surface area contributed by atoms with Crippen molar-refractivity contribution in [1.29, 1.82) is 0 Å². The summed E-state index contributed by atoms with van der Waals surface area (Å²) in [6.07, 6.45) is 1.05. The van der Waals surface area contributed by atoms with Gasteiger partial charge in [-0.05, 0) is 31.2 Å². The van der Waals surface area contributed by atoms with E-state index in [9.17, 15) is 12.8 Å². The summed E-state index contributed by atoms with van der Waals surface area (Å²) >= 11 is 0. The second-order valence-corrected chi connectivity index (χ2v) is 6.88. The van der Waals surface area contributed by atoms with E-state index in [4.69, 9.17) is 4.52 Å². The lowest BCUT2D eigenvalue weighted by molar-refractivity contribution is 0.448. The molecule has 3 aromatic rings. The number of hydrogen-bond donors (Lipinski definition) is 1. The number of halogens is 1. The van der Waals surface area contributed by atoms with E-state index in [1.165, 1.54) is 12.1 Å². The lowest BCUT2D eigenvalue weighted by Gasteiger charge is -2.13. The van der Waals surface area contributed by atoms with E-state index in [2.05, 4.69) is 14.9 Å². The van der Waals surface area contributed by atoms with Crippen LogP contribution in [0.4, 0.5) is 4.39 Å². The standard InChI is InChI=1S/C15H14FN3O3S/c1-10(13-7-6-11(16)8-17-13)19-23(20,21)9-14-12-4-2-3-5-15(12)22-18-14/h2-8,10,19H,9H2,1H3/t10-/m1/s1. The summed E-state index contributed by atoms with van der Waals surface area (Å²) in [4.78, 5) is 3.87. The Morgan fingerprint density at radius 1 is 1.26 bits per heavy atom. The molecule has 120 valence electrons. The summed E-state index contributed by atoms with van der Waals surface area (Å²) in [5.41, 5.74) is 1.30. The number of sulfonamides is 1. The molecule has 0 fully saturated rings. The highest BCUT2D eigenvalue weighted by molar-refractivity contribution is 7.88. The van der Waals surface area contributed by atoms with Gasteiger partial charge in [0.1, 0.15) is 17.3 Å². The molecule has 23 heavy (non-hydrogen) atoms. The molecule has 0 radical (unpaired) electrons. The van der Waals surface area contributed by atoms with Gasteiger partial charge in [0, 0.05) is 5.39 Å². The Bertz CT molecular complexity index is 923. The molecule has 0 bridgehead atoms. The van der Waals surface area contributed by atoms with Crippen LogP contribution >= 0.6 is 0 Å². The van der Waals surface area contributed by atoms with E-state index in [0.717, 1.165) is 6.20 Å². The van der Waals surface area contributed by atoms with Crippen LogP contribution in [0.25, 0.3) is 11.0 Å². The van der Waals surface area contributed by atoms with Gasteiger partial charge < -0.3 is 4.52 Å². The van der Waals surface area contributed by atoms with Crippen molar-refractivity contribution < 1.29 is 17.3 Å². The zero-order valence-corrected chi connectivity index (χ0v) is 13.0. The molecule has 3 rings (SSSR count). The SMILES string of the molecule is C[C@@H](NS(=O)(=O)Cc1noc2ccccc12)c1ccc(F)cn1. The molecule has 1 N–H and O–H groups in total. The number of fused-ring (bicyclic) bond motifs is 1. The van der Waals surface area contributed by atoms with Crippen molar-refractivity contribution in [3.63, 3.8) is 0 Å². The van der Waals surface area contributed by atoms with E-state index in [0.29, 0.717) is 22.4 Å². The largest absolute Gasteiger partial charge is 0.356 e. The van der Waals surface area contributed by atoms with Crippen molar-refractivity contribution in [2.45, 2.75) is 18.7 Å². The molecule has 1 aromatic carbocycles. The molecule has 0 aliphatic carbocycles. The van der Waals surface area contributed by atoms with Crippen molar-refractivity contribution in [3.05, 3.63) is 59.8 Å². The normalized spacial score (nSPS) is 13.3. The maximum absolute atomic E-state index is 12.9. The maximum atomic E-state index is 12.9. The summed E-state index contributed by atoms with van der Waals surface area (Å²) in [5.74, 6) is -0.784. The minimum absolute atomic E-state index is 0.310. The van der Waals surface area contributed by atoms with Crippen LogP contribution in [0.2, 0.25) is 0 Å². The first-order chi connectivity index (χ1) is 10.9. The fourth-order valence-electron chi connectivity index (χ4n) is 2.24. The van der Waals surface area contributed by atoms with Gasteiger partial charge >= 0.3 is 0 Å². The van der Waals surface area contributed by atoms with E-state index in [1.54, 1.807) is 31.2 Å². The average molecular weight is 335 g/mol. The number of aromatic nitrogens is 2. The smallest absolute Gasteiger partial charge is 0.218 e. The fourth-order valence-corrected chi connectivity index (χ4v) is 3.55. The van der Waals surface area contributed by atoms with Gasteiger partial charge in [0.05, 0.1) is 17.9 Å². The Morgan fingerprint density at radius 2 is 2.04 bits per heavy atom. The third kappa shape index (κ3) is 3.54. The zero-order chi connectivity index (χ0) is 16.4. The second kappa shape index (κ2) is 6.05. The molecule has 6 nitrogen and oxygen atoms in total. The van der Waals surface area contributed by atoms with Gasteiger partial charge in [0.15, 0.2) is 5.58 Å². The molecule has 2 heterocycles. The highest BCUT2D eigenvalue weighted by atomic mass is 32.2. The minimum atomic E-state index is -3.66. The Morgan fingerprint density at radius 3 is 2.78 bits per heavy atom. The molecular weight excluding hydrogens is 321 g/mol. The minimum Gasteiger partial charge on any atom is -0.356 e. The van der Waals surface area contributed by atoms with E-state index >= 15 is 0 Å². The first kappa shape index (κ1) is 15.6. The molecule has 0 unspecified atom stereocenters. The van der Waals surface area contributed by atoms with Crippen LogP contribution < -0.4 is 4.72 Å². The summed E-state index contributed by atoms with van der Waals surface area (Å²) in [5, 5.41) is 4.47. The molecule has 0 spiro atoms. The number of para-hydroxylation sites is 1. The van der Waals surface area contributed by atoms with E-state index in [-0.39, 0.29) is 5.75 Å². The van der Waals surface area contributed by atoms with Crippen LogP contribution in [-0.4, -0.2) is 18.6 Å². The van der Waals surface area contributed by atoms with Crippen LogP contribution in [0.5, 0.6) is 0 Å². The Kier molecular flexibility index (Phi) is 4.10. The lowest BCUT2D eigenvalue weighted by atomic mass is 10.2. The van der Waals surface area contributed by atoms with E-state index < -0.39 is 21.9 Å². The van der Waals surface area contributed by atoms with Crippen LogP contribution in [0.3, 0.4) is 0 Å². The molecule has 0 aliphatic rings. The predicted octanol–water partition coefficient (Wildman–Crippen LogP) is 2.54. The molecule has 1 atom stereocenters. The van der Waals surface area contributed by atoms with Gasteiger partial charge in [-0.1, -0.05) is 17.3 Å². The zero-order valence-electron chi connectivity index (χ0n) is 12.2. The molecule has 2 aromatic heterocycles. The fraction of sp³-hybridized carbons (Fsp3) is 0.200. The van der Waals surface area contributed by atoms with Crippen LogP contribution in [0.1, 0.15) is 24.4 Å². The van der Waals surface area contributed by atoms with Gasteiger partial charge in [-0.3, -0.25) is 4.98 Å². The third-order valence-corrected chi connectivity index (χ3v) is 4.70. The first-order valence-corrected chi connectivity index (χ1v) is 8.54. The Labute approximate surface area is 132 Å². The average Bonchev–Trinajstić information content (AvgIpc) is 2.90. The number of pyridine rings is 1. The van der Waals surface area contributed by atoms with E-state index in [1.807, 2.05) is 0 Å². The molecular formula is C15H14FN3O3S. The lowest BCUT2D eigenvalue weighted by Crippen LogP contribution is -2.28. The van der Waals surface area contributed by atoms with Crippen molar-refractivity contribution in [3.8, 4) is 0 Å². The maximum Gasteiger partial charge on any atom is 0.218 e. The summed E-state index contributed by atoms with van der Waals surface area (Å²) < 4.78 is 45.1. The Balaban J connectivity index is 1.78. The molecule has 0 aliphatic heterocycles. The van der Waals surface area contributed by atoms with Crippen molar-refractivity contribution in [2.24, 2.45) is 0 Å². The van der Waals surface area contributed by atoms with Gasteiger partial charge in [-0.25, -0.2) is 17.5 Å². The summed E-state index contributed by atoms with van der Waals surface area (Å²) in [7, 11) is -3.66. The van der Waals surface area contributed by atoms with Crippen LogP contribution in [0.15, 0.2) is 47.1 Å². The van der Waals surface area contributed by atoms with Crippen LogP contribution in [0, 0.1) is 5.82 Å². The first-order valence-electron chi connectivity index (χ1n) is 6.89. The van der Waals surface area contributed by atoms with Crippen molar-refractivity contribution in [1.82, 2.24) is 14.9 Å². The van der Waals surface area contributed by atoms with Crippen LogP contribution in [-0.2, 0) is 15.8 Å². The van der Waals surface area contributed by atoms with Gasteiger partial charge in [0.2, 0.25) is 10.0 Å². The monoisotopic (exact) mass is 335 g/mol. The van der Waals surface area contributed by atoms with Crippen molar-refractivity contribution in [2.75, 3.05) is 0 Å². The molecule has 0 saturated heterocycles. The third-order valence-electron chi connectivity index (χ3n) is 3.33. The van der Waals surface area contributed by atoms with Gasteiger partial charge in [0.25, 0.3) is 0 Å². The summed E-state index contributed by atoms with van der Waals surface area (Å²) in [6.45, 7) is 1.64. The highest BCUT2D eigenvalue weighted by Gasteiger charge is 2.20. The van der Waals surface area contributed by atoms with Gasteiger partial charge in [-0.15, -0.1) is 0 Å². The number of benzene rings is 1. The number of hydrogen-bond acceptors (Lipinski definition) is 5. The highest BCUT2D eigenvalue weighted by Crippen LogP contribution is 2.20. The quantitative estimate of drug-likeness (QED) is 0.774. The Hall–Kier alpha value is -2.32. The molecule has 0 saturated carbocycles. The molecule has 8 heteroatoms. The van der Waals surface area contributed by atoms with Crippen molar-refractivity contribution >= 4 is 21.0 Å². The number of nitrogens with zero attached hydrogens (tertiary/aromatic N) is 2. The predicted molar refractivity (Wildman–Crippen MR) is 82.4 cm³/mol. The number of rotatable bonds is 5. The topological polar surface area (TPSA) is 85.1 Å². The molecule has 0 amide bonds. The van der Waals surface area contributed by atoms with Gasteiger partial charge in [-0.2, -0.15) is 0 Å². The summed E-state index contributed by atoms with van der Waals surface area (Å²) in [6, 6.07) is 9.13.